The average Bonchev–Trinajstić information content (AvgIpc) is 2.71. The van der Waals surface area contributed by atoms with Gasteiger partial charge in [-0.1, -0.05) is 0 Å². The molecule has 0 aliphatic carbocycles. The van der Waals surface area contributed by atoms with Crippen LogP contribution in [0.25, 0.3) is 0 Å². The Labute approximate surface area is 116 Å². The van der Waals surface area contributed by atoms with Crippen LogP contribution in [0, 0.1) is 5.82 Å². The first kappa shape index (κ1) is 14.7. The monoisotopic (exact) mass is 289 g/mol. The Morgan fingerprint density at radius 2 is 1.89 bits per heavy atom. The predicted octanol–water partition coefficient (Wildman–Crippen LogP) is 4.04. The smallest absolute Gasteiger partial charge is 0.261 e. The van der Waals surface area contributed by atoms with E-state index in [4.69, 9.17) is 0 Å². The highest BCUT2D eigenvalue weighted by Gasteiger charge is 2.37. The third kappa shape index (κ3) is 5.07. The van der Waals surface area contributed by atoms with Crippen molar-refractivity contribution in [2.75, 3.05) is 25.4 Å². The maximum atomic E-state index is 12.9. The summed E-state index contributed by atoms with van der Waals surface area (Å²) in [6.07, 6.45) is 1.92. The summed E-state index contributed by atoms with van der Waals surface area (Å²) >= 11 is 1.68. The van der Waals surface area contributed by atoms with Crippen molar-refractivity contribution in [3.8, 4) is 0 Å². The third-order valence-electron chi connectivity index (χ3n) is 3.20. The Balaban J connectivity index is 1.56. The number of nitrogens with zero attached hydrogens (tertiary/aromatic N) is 1. The molecule has 5 heteroatoms. The van der Waals surface area contributed by atoms with E-state index < -0.39 is 5.92 Å². The lowest BCUT2D eigenvalue weighted by Crippen LogP contribution is -2.26. The maximum absolute atomic E-state index is 12.9. The van der Waals surface area contributed by atoms with Crippen molar-refractivity contribution in [2.45, 2.75) is 30.1 Å². The van der Waals surface area contributed by atoms with E-state index in [0.29, 0.717) is 6.54 Å². The van der Waals surface area contributed by atoms with E-state index in [9.17, 15) is 13.2 Å². The Morgan fingerprint density at radius 3 is 2.53 bits per heavy atom. The second kappa shape index (κ2) is 6.66. The minimum Gasteiger partial charge on any atom is -0.297 e. The highest BCUT2D eigenvalue weighted by Crippen LogP contribution is 2.27. The Kier molecular flexibility index (Phi) is 5.16. The molecule has 0 bridgehead atoms. The molecule has 1 nitrogen and oxygen atoms in total. The van der Waals surface area contributed by atoms with Gasteiger partial charge >= 0.3 is 0 Å². The molecule has 0 spiro atoms. The van der Waals surface area contributed by atoms with Crippen molar-refractivity contribution in [1.82, 2.24) is 4.90 Å². The molecule has 0 unspecified atom stereocenters. The van der Waals surface area contributed by atoms with Gasteiger partial charge in [-0.3, -0.25) is 4.90 Å². The number of unbranched alkanes of at least 4 members (excludes halogenated alkanes) is 1. The zero-order chi connectivity index (χ0) is 13.7. The molecule has 1 aromatic rings. The van der Waals surface area contributed by atoms with Crippen LogP contribution in [0.1, 0.15) is 19.3 Å². The van der Waals surface area contributed by atoms with Gasteiger partial charge in [-0.25, -0.2) is 13.2 Å². The van der Waals surface area contributed by atoms with Gasteiger partial charge in [-0.05, 0) is 49.4 Å². The van der Waals surface area contributed by atoms with Crippen LogP contribution in [0.15, 0.2) is 29.2 Å². The summed E-state index contributed by atoms with van der Waals surface area (Å²) in [5, 5.41) is 0. The van der Waals surface area contributed by atoms with Gasteiger partial charge in [0, 0.05) is 17.9 Å². The fraction of sp³-hybridized carbons (Fsp3) is 0.571. The minimum atomic E-state index is -2.48. The molecule has 106 valence electrons. The van der Waals surface area contributed by atoms with Crippen molar-refractivity contribution in [2.24, 2.45) is 0 Å². The SMILES string of the molecule is Fc1ccc(SCCCCN2CCC(F)(F)C2)cc1. The average molecular weight is 289 g/mol. The predicted molar refractivity (Wildman–Crippen MR) is 72.4 cm³/mol. The lowest BCUT2D eigenvalue weighted by molar-refractivity contribution is 0.0121. The zero-order valence-electron chi connectivity index (χ0n) is 10.7. The van der Waals surface area contributed by atoms with E-state index in [0.717, 1.165) is 30.0 Å². The maximum Gasteiger partial charge on any atom is 0.261 e. The highest BCUT2D eigenvalue weighted by atomic mass is 32.2. The lowest BCUT2D eigenvalue weighted by atomic mass is 10.3. The highest BCUT2D eigenvalue weighted by molar-refractivity contribution is 7.99. The van der Waals surface area contributed by atoms with Crippen LogP contribution in [0.2, 0.25) is 0 Å². The molecule has 1 aliphatic rings. The van der Waals surface area contributed by atoms with Crippen LogP contribution in [0.3, 0.4) is 0 Å². The number of likely N-dealkylation sites (tertiary alicyclic amines) is 1. The van der Waals surface area contributed by atoms with E-state index in [-0.39, 0.29) is 18.8 Å². The molecule has 1 saturated heterocycles. The van der Waals surface area contributed by atoms with Crippen LogP contribution in [-0.2, 0) is 0 Å². The Morgan fingerprint density at radius 1 is 1.16 bits per heavy atom. The largest absolute Gasteiger partial charge is 0.297 e. The molecule has 19 heavy (non-hydrogen) atoms. The van der Waals surface area contributed by atoms with E-state index in [1.807, 2.05) is 4.90 Å². The van der Waals surface area contributed by atoms with Gasteiger partial charge in [-0.15, -0.1) is 11.8 Å². The van der Waals surface area contributed by atoms with Crippen molar-refractivity contribution < 1.29 is 13.2 Å². The van der Waals surface area contributed by atoms with Gasteiger partial charge in [-0.2, -0.15) is 0 Å². The van der Waals surface area contributed by atoms with Crippen molar-refractivity contribution in [1.29, 1.82) is 0 Å². The fourth-order valence-electron chi connectivity index (χ4n) is 2.16. The summed E-state index contributed by atoms with van der Waals surface area (Å²) in [5.74, 6) is -1.77. The molecule has 0 saturated carbocycles. The summed E-state index contributed by atoms with van der Waals surface area (Å²) in [7, 11) is 0. The van der Waals surface area contributed by atoms with E-state index in [1.54, 1.807) is 23.9 Å². The summed E-state index contributed by atoms with van der Waals surface area (Å²) in [5.41, 5.74) is 0. The number of rotatable bonds is 6. The van der Waals surface area contributed by atoms with Gasteiger partial charge in [0.25, 0.3) is 5.92 Å². The summed E-state index contributed by atoms with van der Waals surface area (Å²) in [6.45, 7) is 1.18. The molecule has 1 aliphatic heterocycles. The van der Waals surface area contributed by atoms with Crippen LogP contribution in [-0.4, -0.2) is 36.2 Å². The van der Waals surface area contributed by atoms with Gasteiger partial charge in [0.1, 0.15) is 5.82 Å². The normalized spacial score (nSPS) is 18.9. The number of thioether (sulfide) groups is 1. The van der Waals surface area contributed by atoms with Crippen LogP contribution in [0.4, 0.5) is 13.2 Å². The Bertz CT molecular complexity index is 394. The topological polar surface area (TPSA) is 3.24 Å². The zero-order valence-corrected chi connectivity index (χ0v) is 11.6. The number of alkyl halides is 2. The second-order valence-electron chi connectivity index (χ2n) is 4.89. The second-order valence-corrected chi connectivity index (χ2v) is 6.06. The number of hydrogen-bond acceptors (Lipinski definition) is 2. The molecule has 0 radical (unpaired) electrons. The van der Waals surface area contributed by atoms with Gasteiger partial charge in [0.05, 0.1) is 6.54 Å². The molecular weight excluding hydrogens is 271 g/mol. The molecular formula is C14H18F3NS. The van der Waals surface area contributed by atoms with Crippen LogP contribution < -0.4 is 0 Å². The van der Waals surface area contributed by atoms with Crippen LogP contribution >= 0.6 is 11.8 Å². The third-order valence-corrected chi connectivity index (χ3v) is 4.30. The van der Waals surface area contributed by atoms with Gasteiger partial charge < -0.3 is 0 Å². The Hall–Kier alpha value is -0.680. The molecule has 0 atom stereocenters. The van der Waals surface area contributed by atoms with E-state index >= 15 is 0 Å². The quantitative estimate of drug-likeness (QED) is 0.574. The minimum absolute atomic E-state index is 0.00265. The summed E-state index contributed by atoms with van der Waals surface area (Å²) < 4.78 is 38.6. The molecule has 1 aromatic carbocycles. The van der Waals surface area contributed by atoms with Crippen molar-refractivity contribution in [3.05, 3.63) is 30.1 Å². The molecule has 1 fully saturated rings. The standard InChI is InChI=1S/C14H18F3NS/c15-12-3-5-13(6-4-12)19-10-2-1-8-18-9-7-14(16,17)11-18/h3-6H,1-2,7-11H2. The van der Waals surface area contributed by atoms with Crippen molar-refractivity contribution in [3.63, 3.8) is 0 Å². The molecule has 1 heterocycles. The van der Waals surface area contributed by atoms with Crippen LogP contribution in [0.5, 0.6) is 0 Å². The van der Waals surface area contributed by atoms with E-state index in [2.05, 4.69) is 0 Å². The first-order valence-corrected chi connectivity index (χ1v) is 7.52. The molecule has 0 amide bonds. The first-order valence-electron chi connectivity index (χ1n) is 6.54. The molecule has 0 N–H and O–H groups in total. The number of benzene rings is 1. The molecule has 0 aromatic heterocycles. The van der Waals surface area contributed by atoms with Gasteiger partial charge in [0.15, 0.2) is 0 Å². The lowest BCUT2D eigenvalue weighted by Gasteiger charge is -2.14. The fourth-order valence-corrected chi connectivity index (χ4v) is 3.07. The van der Waals surface area contributed by atoms with E-state index in [1.165, 1.54) is 12.1 Å². The molecule has 2 rings (SSSR count). The number of halogens is 3. The first-order chi connectivity index (χ1) is 9.05. The summed E-state index contributed by atoms with van der Waals surface area (Å²) in [6, 6.07) is 6.44. The number of hydrogen-bond donors (Lipinski definition) is 0. The van der Waals surface area contributed by atoms with Gasteiger partial charge in [0.2, 0.25) is 0 Å². The van der Waals surface area contributed by atoms with Crippen molar-refractivity contribution >= 4 is 11.8 Å². The summed E-state index contributed by atoms with van der Waals surface area (Å²) in [4.78, 5) is 2.89.